The van der Waals surface area contributed by atoms with Crippen LogP contribution in [-0.4, -0.2) is 18.8 Å². The van der Waals surface area contributed by atoms with Crippen LogP contribution in [0.3, 0.4) is 0 Å². The van der Waals surface area contributed by atoms with Gasteiger partial charge in [-0.3, -0.25) is 0 Å². The van der Waals surface area contributed by atoms with Gasteiger partial charge in [0.1, 0.15) is 12.4 Å². The summed E-state index contributed by atoms with van der Waals surface area (Å²) in [6, 6.07) is 2.78. The molecule has 0 aliphatic rings. The average Bonchev–Trinajstić information content (AvgIpc) is 2.21. The summed E-state index contributed by atoms with van der Waals surface area (Å²) in [5.74, 6) is -2.62. The topological polar surface area (TPSA) is 29.5 Å². The van der Waals surface area contributed by atoms with E-state index in [1.54, 1.807) is 13.8 Å². The molecule has 0 aliphatic carbocycles. The Balaban J connectivity index is 3.29. The monoisotopic (exact) mass is 216 g/mol. The molecule has 0 amide bonds. The van der Waals surface area contributed by atoms with Gasteiger partial charge in [0.2, 0.25) is 0 Å². The fraction of sp³-hybridized carbons (Fsp3) is 0.455. The highest BCUT2D eigenvalue weighted by Crippen LogP contribution is 2.34. The van der Waals surface area contributed by atoms with Gasteiger partial charge in [-0.25, -0.2) is 0 Å². The lowest BCUT2D eigenvalue weighted by atomic mass is 9.98. The van der Waals surface area contributed by atoms with Crippen LogP contribution in [-0.2, 0) is 5.92 Å². The molecule has 1 aromatic carbocycles. The maximum absolute atomic E-state index is 13.3. The number of alkyl halides is 2. The van der Waals surface area contributed by atoms with Crippen molar-refractivity contribution in [3.05, 3.63) is 28.8 Å². The van der Waals surface area contributed by atoms with E-state index in [2.05, 4.69) is 0 Å². The summed E-state index contributed by atoms with van der Waals surface area (Å²) in [5.41, 5.74) is 0.972. The average molecular weight is 216 g/mol. The Morgan fingerprint density at radius 1 is 1.27 bits per heavy atom. The van der Waals surface area contributed by atoms with Crippen molar-refractivity contribution in [3.63, 3.8) is 0 Å². The first-order chi connectivity index (χ1) is 6.94. The van der Waals surface area contributed by atoms with Crippen molar-refractivity contribution in [2.75, 3.05) is 13.7 Å². The van der Waals surface area contributed by atoms with E-state index in [0.29, 0.717) is 16.9 Å². The van der Waals surface area contributed by atoms with Gasteiger partial charge in [0.15, 0.2) is 0 Å². The largest absolute Gasteiger partial charge is 0.496 e. The van der Waals surface area contributed by atoms with Crippen molar-refractivity contribution in [3.8, 4) is 5.75 Å². The first-order valence-corrected chi connectivity index (χ1v) is 4.57. The van der Waals surface area contributed by atoms with E-state index in [9.17, 15) is 8.78 Å². The van der Waals surface area contributed by atoms with Crippen LogP contribution in [0.1, 0.15) is 16.7 Å². The number of aliphatic hydroxyl groups is 1. The van der Waals surface area contributed by atoms with E-state index < -0.39 is 12.5 Å². The van der Waals surface area contributed by atoms with Gasteiger partial charge in [-0.2, -0.15) is 8.78 Å². The molecule has 0 fully saturated rings. The van der Waals surface area contributed by atoms with Crippen LogP contribution in [0.15, 0.2) is 12.1 Å². The molecule has 0 spiro atoms. The summed E-state index contributed by atoms with van der Waals surface area (Å²) in [7, 11) is 1.49. The summed E-state index contributed by atoms with van der Waals surface area (Å²) in [6.07, 6.45) is 0. The number of halogens is 2. The van der Waals surface area contributed by atoms with E-state index in [-0.39, 0.29) is 5.56 Å². The highest BCUT2D eigenvalue weighted by atomic mass is 19.3. The Bertz CT molecular complexity index is 362. The predicted octanol–water partition coefficient (Wildman–Crippen LogP) is 2.40. The standard InChI is InChI=1S/C11H14F2O2/c1-7-8(2)10(15-3)5-4-9(7)11(12,13)6-14/h4-5,14H,6H2,1-3H3. The number of benzene rings is 1. The van der Waals surface area contributed by atoms with Gasteiger partial charge in [0.25, 0.3) is 5.92 Å². The lowest BCUT2D eigenvalue weighted by Gasteiger charge is -2.19. The molecule has 1 aromatic rings. The molecule has 0 aliphatic heterocycles. The maximum Gasteiger partial charge on any atom is 0.296 e. The number of ether oxygens (including phenoxy) is 1. The smallest absolute Gasteiger partial charge is 0.296 e. The Morgan fingerprint density at radius 3 is 2.33 bits per heavy atom. The Kier molecular flexibility index (Phi) is 3.29. The van der Waals surface area contributed by atoms with Crippen LogP contribution in [0.4, 0.5) is 8.78 Å². The number of methoxy groups -OCH3 is 1. The minimum Gasteiger partial charge on any atom is -0.496 e. The lowest BCUT2D eigenvalue weighted by molar-refractivity contribution is -0.0561. The summed E-state index contributed by atoms with van der Waals surface area (Å²) >= 11 is 0. The predicted molar refractivity (Wildman–Crippen MR) is 53.4 cm³/mol. The third-order valence-electron chi connectivity index (χ3n) is 2.55. The SMILES string of the molecule is COc1ccc(C(F)(F)CO)c(C)c1C. The second-order valence-electron chi connectivity index (χ2n) is 3.43. The minimum atomic E-state index is -3.19. The van der Waals surface area contributed by atoms with Gasteiger partial charge in [-0.1, -0.05) is 0 Å². The van der Waals surface area contributed by atoms with E-state index in [4.69, 9.17) is 9.84 Å². The van der Waals surface area contributed by atoms with Crippen LogP contribution in [0.2, 0.25) is 0 Å². The zero-order valence-electron chi connectivity index (χ0n) is 8.97. The Morgan fingerprint density at radius 2 is 1.87 bits per heavy atom. The van der Waals surface area contributed by atoms with Crippen molar-refractivity contribution in [1.29, 1.82) is 0 Å². The number of aliphatic hydroxyl groups excluding tert-OH is 1. The zero-order chi connectivity index (χ0) is 11.6. The summed E-state index contributed by atoms with van der Waals surface area (Å²) in [5, 5.41) is 8.61. The normalized spacial score (nSPS) is 11.6. The molecule has 0 unspecified atom stereocenters. The zero-order valence-corrected chi connectivity index (χ0v) is 8.97. The van der Waals surface area contributed by atoms with Crippen molar-refractivity contribution in [1.82, 2.24) is 0 Å². The fourth-order valence-electron chi connectivity index (χ4n) is 1.50. The highest BCUT2D eigenvalue weighted by Gasteiger charge is 2.32. The van der Waals surface area contributed by atoms with Crippen LogP contribution in [0.5, 0.6) is 5.75 Å². The molecule has 0 heterocycles. The maximum atomic E-state index is 13.3. The van der Waals surface area contributed by atoms with Gasteiger partial charge in [0.05, 0.1) is 7.11 Å². The Labute approximate surface area is 87.5 Å². The molecule has 0 aromatic heterocycles. The molecular weight excluding hydrogens is 202 g/mol. The Hall–Kier alpha value is -1.16. The first-order valence-electron chi connectivity index (χ1n) is 4.57. The van der Waals surface area contributed by atoms with Gasteiger partial charge < -0.3 is 9.84 Å². The van der Waals surface area contributed by atoms with Crippen LogP contribution < -0.4 is 4.74 Å². The second-order valence-corrected chi connectivity index (χ2v) is 3.43. The van der Waals surface area contributed by atoms with E-state index in [1.165, 1.54) is 19.2 Å². The number of rotatable bonds is 3. The third kappa shape index (κ3) is 2.09. The molecule has 1 N–H and O–H groups in total. The van der Waals surface area contributed by atoms with E-state index in [1.807, 2.05) is 0 Å². The summed E-state index contributed by atoms with van der Waals surface area (Å²) in [6.45, 7) is 2.13. The summed E-state index contributed by atoms with van der Waals surface area (Å²) in [4.78, 5) is 0. The molecule has 0 saturated carbocycles. The highest BCUT2D eigenvalue weighted by molar-refractivity contribution is 5.45. The van der Waals surface area contributed by atoms with Crippen molar-refractivity contribution in [2.45, 2.75) is 19.8 Å². The van der Waals surface area contributed by atoms with Gasteiger partial charge >= 0.3 is 0 Å². The van der Waals surface area contributed by atoms with Crippen LogP contribution >= 0.6 is 0 Å². The molecule has 4 heteroatoms. The van der Waals surface area contributed by atoms with Crippen LogP contribution in [0.25, 0.3) is 0 Å². The molecule has 0 saturated heterocycles. The number of hydrogen-bond donors (Lipinski definition) is 1. The van der Waals surface area contributed by atoms with E-state index >= 15 is 0 Å². The van der Waals surface area contributed by atoms with Gasteiger partial charge in [-0.15, -0.1) is 0 Å². The molecule has 0 bridgehead atoms. The number of hydrogen-bond acceptors (Lipinski definition) is 2. The molecule has 0 atom stereocenters. The van der Waals surface area contributed by atoms with Crippen LogP contribution in [0, 0.1) is 13.8 Å². The molecule has 15 heavy (non-hydrogen) atoms. The molecule has 2 nitrogen and oxygen atoms in total. The van der Waals surface area contributed by atoms with Gasteiger partial charge in [-0.05, 0) is 37.1 Å². The molecular formula is C11H14F2O2. The second kappa shape index (κ2) is 4.14. The molecule has 1 rings (SSSR count). The first kappa shape index (κ1) is 11.9. The molecule has 0 radical (unpaired) electrons. The fourth-order valence-corrected chi connectivity index (χ4v) is 1.50. The van der Waals surface area contributed by atoms with Gasteiger partial charge in [0, 0.05) is 5.56 Å². The van der Waals surface area contributed by atoms with Crippen molar-refractivity contribution in [2.24, 2.45) is 0 Å². The molecule has 84 valence electrons. The summed E-state index contributed by atoms with van der Waals surface area (Å²) < 4.78 is 31.6. The van der Waals surface area contributed by atoms with Crippen molar-refractivity contribution < 1.29 is 18.6 Å². The minimum absolute atomic E-state index is 0.150. The third-order valence-corrected chi connectivity index (χ3v) is 2.55. The van der Waals surface area contributed by atoms with E-state index in [0.717, 1.165) is 0 Å². The van der Waals surface area contributed by atoms with Crippen molar-refractivity contribution >= 4 is 0 Å². The lowest BCUT2D eigenvalue weighted by Crippen LogP contribution is -2.20. The quantitative estimate of drug-likeness (QED) is 0.840.